The van der Waals surface area contributed by atoms with Gasteiger partial charge in [-0.1, -0.05) is 6.92 Å². The Hall–Kier alpha value is -0.990. The minimum Gasteiger partial charge on any atom is -0.299 e. The summed E-state index contributed by atoms with van der Waals surface area (Å²) in [5, 5.41) is 0. The van der Waals surface area contributed by atoms with Gasteiger partial charge in [0.25, 0.3) is 5.91 Å². The Morgan fingerprint density at radius 2 is 2.25 bits per heavy atom. The van der Waals surface area contributed by atoms with Crippen molar-refractivity contribution in [1.82, 2.24) is 0 Å². The van der Waals surface area contributed by atoms with Crippen LogP contribution in [0.3, 0.4) is 0 Å². The molecule has 1 aliphatic rings. The number of carbonyl (C=O) groups is 2. The van der Waals surface area contributed by atoms with Crippen LogP contribution in [0.4, 0.5) is 0 Å². The van der Waals surface area contributed by atoms with Crippen molar-refractivity contribution in [1.29, 1.82) is 0 Å². The van der Waals surface area contributed by atoms with Gasteiger partial charge < -0.3 is 0 Å². The van der Waals surface area contributed by atoms with Crippen molar-refractivity contribution >= 4 is 17.9 Å². The van der Waals surface area contributed by atoms with Crippen molar-refractivity contribution < 1.29 is 9.59 Å². The Labute approximate surface area is 71.9 Å². The van der Waals surface area contributed by atoms with Gasteiger partial charge in [-0.2, -0.15) is 0 Å². The van der Waals surface area contributed by atoms with Crippen LogP contribution < -0.4 is 0 Å². The van der Waals surface area contributed by atoms with E-state index < -0.39 is 5.41 Å². The fourth-order valence-corrected chi connectivity index (χ4v) is 1.33. The lowest BCUT2D eigenvalue weighted by atomic mass is 9.78. The van der Waals surface area contributed by atoms with Gasteiger partial charge in [0.2, 0.25) is 0 Å². The van der Waals surface area contributed by atoms with Gasteiger partial charge in [-0.25, -0.2) is 4.99 Å². The number of hydrogen-bond donors (Lipinski definition) is 0. The van der Waals surface area contributed by atoms with Gasteiger partial charge >= 0.3 is 0 Å². The van der Waals surface area contributed by atoms with E-state index in [1.54, 1.807) is 20.8 Å². The highest BCUT2D eigenvalue weighted by Gasteiger charge is 2.43. The van der Waals surface area contributed by atoms with Crippen molar-refractivity contribution in [3.05, 3.63) is 0 Å². The molecule has 0 fully saturated rings. The Morgan fingerprint density at radius 3 is 2.58 bits per heavy atom. The number of ketones is 1. The first-order chi connectivity index (χ1) is 5.50. The van der Waals surface area contributed by atoms with Gasteiger partial charge in [-0.15, -0.1) is 0 Å². The summed E-state index contributed by atoms with van der Waals surface area (Å²) < 4.78 is 0. The minimum atomic E-state index is -0.618. The van der Waals surface area contributed by atoms with E-state index in [1.165, 1.54) is 6.21 Å². The molecule has 0 aromatic rings. The van der Waals surface area contributed by atoms with Gasteiger partial charge in [0.1, 0.15) is 5.78 Å². The van der Waals surface area contributed by atoms with Crippen LogP contribution in [0.2, 0.25) is 0 Å². The topological polar surface area (TPSA) is 46.5 Å². The Bertz CT molecular complexity index is 253. The molecule has 0 saturated heterocycles. The third-order valence-corrected chi connectivity index (χ3v) is 2.36. The molecule has 1 amide bonds. The van der Waals surface area contributed by atoms with E-state index in [-0.39, 0.29) is 17.6 Å². The predicted molar refractivity (Wildman–Crippen MR) is 46.1 cm³/mol. The molecule has 1 atom stereocenters. The maximum Gasteiger partial charge on any atom is 0.252 e. The molecule has 0 radical (unpaired) electrons. The van der Waals surface area contributed by atoms with Gasteiger partial charge in [0, 0.05) is 12.6 Å². The van der Waals surface area contributed by atoms with Gasteiger partial charge in [0.15, 0.2) is 0 Å². The number of aliphatic imine (C=N–C) groups is 1. The fraction of sp³-hybridized carbons (Fsp3) is 0.667. The molecule has 12 heavy (non-hydrogen) atoms. The molecule has 0 aromatic carbocycles. The Kier molecular flexibility index (Phi) is 2.13. The number of hydrogen-bond acceptors (Lipinski definition) is 2. The largest absolute Gasteiger partial charge is 0.299 e. The molecule has 3 heteroatoms. The SMILES string of the molecule is CCC(=O)C1C=NC(=O)C1(C)C. The summed E-state index contributed by atoms with van der Waals surface area (Å²) in [6, 6.07) is 0. The number of amides is 1. The highest BCUT2D eigenvalue weighted by molar-refractivity contribution is 6.08. The van der Waals surface area contributed by atoms with Crippen LogP contribution in [0.1, 0.15) is 27.2 Å². The third kappa shape index (κ3) is 1.19. The lowest BCUT2D eigenvalue weighted by Gasteiger charge is -2.21. The first-order valence-electron chi connectivity index (χ1n) is 4.11. The smallest absolute Gasteiger partial charge is 0.252 e. The molecule has 1 aliphatic heterocycles. The number of Topliss-reactive ketones (excluding diaryl/α,β-unsaturated/α-hetero) is 1. The molecule has 66 valence electrons. The molecular weight excluding hydrogens is 154 g/mol. The van der Waals surface area contributed by atoms with Crippen molar-refractivity contribution in [3.8, 4) is 0 Å². The molecule has 0 bridgehead atoms. The minimum absolute atomic E-state index is 0.0922. The molecule has 0 aliphatic carbocycles. The van der Waals surface area contributed by atoms with Crippen molar-refractivity contribution in [2.24, 2.45) is 16.3 Å². The standard InChI is InChI=1S/C9H13NO2/c1-4-7(11)6-5-10-8(12)9(6,2)3/h5-6H,4H2,1-3H3. The van der Waals surface area contributed by atoms with Gasteiger partial charge in [0.05, 0.1) is 11.3 Å². The number of carbonyl (C=O) groups excluding carboxylic acids is 2. The van der Waals surface area contributed by atoms with Crippen LogP contribution in [0, 0.1) is 11.3 Å². The van der Waals surface area contributed by atoms with Crippen LogP contribution in [0.15, 0.2) is 4.99 Å². The molecule has 1 heterocycles. The quantitative estimate of drug-likeness (QED) is 0.620. The average molecular weight is 167 g/mol. The normalized spacial score (nSPS) is 26.2. The maximum atomic E-state index is 11.3. The van der Waals surface area contributed by atoms with Crippen LogP contribution in [0.25, 0.3) is 0 Å². The zero-order chi connectivity index (χ0) is 9.35. The summed E-state index contributed by atoms with van der Waals surface area (Å²) in [4.78, 5) is 26.2. The van der Waals surface area contributed by atoms with E-state index in [4.69, 9.17) is 0 Å². The summed E-state index contributed by atoms with van der Waals surface area (Å²) in [5.74, 6) is -0.404. The van der Waals surface area contributed by atoms with E-state index in [0.29, 0.717) is 6.42 Å². The lowest BCUT2D eigenvalue weighted by Crippen LogP contribution is -2.32. The van der Waals surface area contributed by atoms with E-state index in [1.807, 2.05) is 0 Å². The Balaban J connectivity index is 2.89. The zero-order valence-electron chi connectivity index (χ0n) is 7.63. The third-order valence-electron chi connectivity index (χ3n) is 2.36. The highest BCUT2D eigenvalue weighted by atomic mass is 16.2. The highest BCUT2D eigenvalue weighted by Crippen LogP contribution is 2.32. The fourth-order valence-electron chi connectivity index (χ4n) is 1.33. The molecule has 1 rings (SSSR count). The second-order valence-corrected chi connectivity index (χ2v) is 3.60. The zero-order valence-corrected chi connectivity index (χ0v) is 7.63. The molecule has 0 spiro atoms. The van der Waals surface area contributed by atoms with E-state index in [0.717, 1.165) is 0 Å². The first kappa shape index (κ1) is 9.10. The monoisotopic (exact) mass is 167 g/mol. The molecule has 1 unspecified atom stereocenters. The van der Waals surface area contributed by atoms with Gasteiger partial charge in [-0.05, 0) is 13.8 Å². The molecule has 0 N–H and O–H groups in total. The Morgan fingerprint density at radius 1 is 1.67 bits per heavy atom. The van der Waals surface area contributed by atoms with Crippen LogP contribution in [-0.2, 0) is 9.59 Å². The van der Waals surface area contributed by atoms with Crippen LogP contribution in [0.5, 0.6) is 0 Å². The van der Waals surface area contributed by atoms with Crippen molar-refractivity contribution in [2.45, 2.75) is 27.2 Å². The summed E-state index contributed by atoms with van der Waals surface area (Å²) in [5.41, 5.74) is -0.618. The summed E-state index contributed by atoms with van der Waals surface area (Å²) in [6.07, 6.45) is 1.95. The van der Waals surface area contributed by atoms with E-state index >= 15 is 0 Å². The molecular formula is C9H13NO2. The van der Waals surface area contributed by atoms with E-state index in [2.05, 4.69) is 4.99 Å². The summed E-state index contributed by atoms with van der Waals surface area (Å²) >= 11 is 0. The lowest BCUT2D eigenvalue weighted by molar-refractivity contribution is -0.132. The second kappa shape index (κ2) is 2.81. The molecule has 3 nitrogen and oxygen atoms in total. The van der Waals surface area contributed by atoms with E-state index in [9.17, 15) is 9.59 Å². The number of rotatable bonds is 2. The number of nitrogens with zero attached hydrogens (tertiary/aromatic N) is 1. The molecule has 0 aromatic heterocycles. The van der Waals surface area contributed by atoms with Crippen LogP contribution >= 0.6 is 0 Å². The van der Waals surface area contributed by atoms with Crippen molar-refractivity contribution in [3.63, 3.8) is 0 Å². The maximum absolute atomic E-state index is 11.3. The molecule has 0 saturated carbocycles. The predicted octanol–water partition coefficient (Wildman–Crippen LogP) is 1.22. The van der Waals surface area contributed by atoms with Gasteiger partial charge in [-0.3, -0.25) is 9.59 Å². The summed E-state index contributed by atoms with van der Waals surface area (Å²) in [6.45, 7) is 5.33. The summed E-state index contributed by atoms with van der Waals surface area (Å²) in [7, 11) is 0. The average Bonchev–Trinajstić information content (AvgIpc) is 2.27. The first-order valence-corrected chi connectivity index (χ1v) is 4.11. The second-order valence-electron chi connectivity index (χ2n) is 3.60. The van der Waals surface area contributed by atoms with Crippen molar-refractivity contribution in [2.75, 3.05) is 0 Å². The van der Waals surface area contributed by atoms with Crippen LogP contribution in [-0.4, -0.2) is 17.9 Å².